The molecule has 0 aliphatic carbocycles. The number of ether oxygens (including phenoxy) is 1. The Morgan fingerprint density at radius 3 is 2.54 bits per heavy atom. The van der Waals surface area contributed by atoms with Crippen LogP contribution in [0.15, 0.2) is 11.6 Å². The van der Waals surface area contributed by atoms with E-state index in [9.17, 15) is 4.79 Å². The molecule has 1 N–H and O–H groups in total. The van der Waals surface area contributed by atoms with E-state index in [1.165, 1.54) is 12.0 Å². The average Bonchev–Trinajstić information content (AvgIpc) is 3.19. The summed E-state index contributed by atoms with van der Waals surface area (Å²) in [6.07, 6.45) is 6.58. The summed E-state index contributed by atoms with van der Waals surface area (Å²) in [5, 5.41) is 3.70. The van der Waals surface area contributed by atoms with E-state index in [-0.39, 0.29) is 5.41 Å². The molecule has 2 bridgehead atoms. The van der Waals surface area contributed by atoms with Crippen molar-refractivity contribution >= 4 is 5.91 Å². The lowest BCUT2D eigenvalue weighted by atomic mass is 9.70. The number of carbonyl (C=O) groups excluding carboxylic acids is 1. The first kappa shape index (κ1) is 17.9. The van der Waals surface area contributed by atoms with Crippen molar-refractivity contribution < 1.29 is 9.53 Å². The molecule has 3 fully saturated rings. The highest BCUT2D eigenvalue weighted by atomic mass is 16.5. The van der Waals surface area contributed by atoms with Crippen LogP contribution in [0.25, 0.3) is 0 Å². The van der Waals surface area contributed by atoms with Gasteiger partial charge in [-0.05, 0) is 39.5 Å². The average molecular weight is 335 g/mol. The van der Waals surface area contributed by atoms with E-state index in [1.54, 1.807) is 7.11 Å². The Morgan fingerprint density at radius 2 is 2.00 bits per heavy atom. The maximum Gasteiger partial charge on any atom is 0.230 e. The summed E-state index contributed by atoms with van der Waals surface area (Å²) < 4.78 is 5.17. The maximum absolute atomic E-state index is 13.5. The van der Waals surface area contributed by atoms with Crippen LogP contribution < -0.4 is 5.32 Å². The Balaban J connectivity index is 1.66. The summed E-state index contributed by atoms with van der Waals surface area (Å²) >= 11 is 0. The molecule has 3 rings (SSSR count). The predicted molar refractivity (Wildman–Crippen MR) is 95.9 cm³/mol. The lowest BCUT2D eigenvalue weighted by molar-refractivity contribution is -0.145. The van der Waals surface area contributed by atoms with E-state index in [4.69, 9.17) is 4.74 Å². The summed E-state index contributed by atoms with van der Waals surface area (Å²) in [6, 6.07) is 0.921. The highest BCUT2D eigenvalue weighted by molar-refractivity contribution is 5.85. The zero-order valence-corrected chi connectivity index (χ0v) is 15.5. The number of amides is 1. The van der Waals surface area contributed by atoms with Crippen LogP contribution in [-0.2, 0) is 9.53 Å². The third-order valence-electron chi connectivity index (χ3n) is 6.09. The van der Waals surface area contributed by atoms with Crippen molar-refractivity contribution in [3.05, 3.63) is 11.6 Å². The largest absolute Gasteiger partial charge is 0.383 e. The molecule has 5 nitrogen and oxygen atoms in total. The highest BCUT2D eigenvalue weighted by Gasteiger charge is 2.56. The van der Waals surface area contributed by atoms with Gasteiger partial charge in [0.2, 0.25) is 5.91 Å². The molecular formula is C19H33N3O2. The molecule has 3 saturated heterocycles. The number of carbonyl (C=O) groups is 1. The molecule has 136 valence electrons. The number of nitrogens with one attached hydrogen (secondary N) is 1. The zero-order chi connectivity index (χ0) is 17.2. The molecule has 0 spiro atoms. The second kappa shape index (κ2) is 7.54. The standard InChI is InChI=1S/C19H33N3O2/c1-15(2)6-7-19(14-16-4-5-17(19)20-16)18(23)22-10-8-21(9-11-22)12-13-24-3/h6,16-17,20H,4-5,7-14H2,1-3H3/t16-,17+,19+/m0/s1. The van der Waals surface area contributed by atoms with E-state index in [1.807, 2.05) is 0 Å². The SMILES string of the molecule is COCCN1CCN(C(=O)[C@]2(CC=C(C)C)C[C@@H]3CC[C@H]2N3)CC1. The topological polar surface area (TPSA) is 44.8 Å². The Bertz CT molecular complexity index is 481. The van der Waals surface area contributed by atoms with Gasteiger partial charge in [0.25, 0.3) is 0 Å². The quantitative estimate of drug-likeness (QED) is 0.750. The number of piperazine rings is 1. The van der Waals surface area contributed by atoms with Crippen LogP contribution in [0.1, 0.15) is 39.5 Å². The number of nitrogens with zero attached hydrogens (tertiary/aromatic N) is 2. The van der Waals surface area contributed by atoms with Gasteiger partial charge in [0.05, 0.1) is 12.0 Å². The number of methoxy groups -OCH3 is 1. The molecule has 5 heteroatoms. The van der Waals surface area contributed by atoms with E-state index in [2.05, 4.69) is 35.0 Å². The second-order valence-corrected chi connectivity index (χ2v) is 7.97. The zero-order valence-electron chi connectivity index (χ0n) is 15.5. The van der Waals surface area contributed by atoms with Gasteiger partial charge in [-0.25, -0.2) is 0 Å². The van der Waals surface area contributed by atoms with Crippen LogP contribution in [0.5, 0.6) is 0 Å². The molecule has 24 heavy (non-hydrogen) atoms. The molecule has 3 atom stereocenters. The van der Waals surface area contributed by atoms with Crippen LogP contribution in [0, 0.1) is 5.41 Å². The van der Waals surface area contributed by atoms with Gasteiger partial charge in [-0.15, -0.1) is 0 Å². The molecule has 1 amide bonds. The summed E-state index contributed by atoms with van der Waals surface area (Å²) in [7, 11) is 1.74. The first-order valence-electron chi connectivity index (χ1n) is 9.45. The number of rotatable bonds is 6. The van der Waals surface area contributed by atoms with Crippen molar-refractivity contribution in [2.75, 3.05) is 46.4 Å². The monoisotopic (exact) mass is 335 g/mol. The Labute approximate surface area is 146 Å². The van der Waals surface area contributed by atoms with E-state index in [0.29, 0.717) is 18.0 Å². The normalized spacial score (nSPS) is 33.0. The van der Waals surface area contributed by atoms with Gasteiger partial charge in [0.1, 0.15) is 0 Å². The summed E-state index contributed by atoms with van der Waals surface area (Å²) in [5.41, 5.74) is 1.11. The number of hydrogen-bond donors (Lipinski definition) is 1. The number of hydrogen-bond acceptors (Lipinski definition) is 4. The molecule has 0 aromatic heterocycles. The van der Waals surface area contributed by atoms with Crippen molar-refractivity contribution in [2.45, 2.75) is 51.6 Å². The Hall–Kier alpha value is -0.910. The van der Waals surface area contributed by atoms with Gasteiger partial charge in [0.15, 0.2) is 0 Å². The number of fused-ring (bicyclic) bond motifs is 2. The van der Waals surface area contributed by atoms with Crippen molar-refractivity contribution in [3.8, 4) is 0 Å². The van der Waals surface area contributed by atoms with Crippen LogP contribution >= 0.6 is 0 Å². The third kappa shape index (κ3) is 3.53. The smallest absolute Gasteiger partial charge is 0.230 e. The van der Waals surface area contributed by atoms with Crippen LogP contribution in [0.3, 0.4) is 0 Å². The second-order valence-electron chi connectivity index (χ2n) is 7.97. The molecule has 3 aliphatic rings. The molecule has 0 aromatic carbocycles. The first-order chi connectivity index (χ1) is 11.5. The summed E-state index contributed by atoms with van der Waals surface area (Å²) in [5.74, 6) is 0.395. The van der Waals surface area contributed by atoms with Gasteiger partial charge in [-0.3, -0.25) is 9.69 Å². The minimum Gasteiger partial charge on any atom is -0.383 e. The number of allylic oxidation sites excluding steroid dienone is 2. The molecule has 0 saturated carbocycles. The molecule has 3 heterocycles. The summed E-state index contributed by atoms with van der Waals surface area (Å²) in [6.45, 7) is 9.65. The van der Waals surface area contributed by atoms with E-state index in [0.717, 1.165) is 58.6 Å². The lowest BCUT2D eigenvalue weighted by Crippen LogP contribution is -2.56. The van der Waals surface area contributed by atoms with Crippen LogP contribution in [0.2, 0.25) is 0 Å². The van der Waals surface area contributed by atoms with Gasteiger partial charge in [0, 0.05) is 51.9 Å². The minimum absolute atomic E-state index is 0.200. The summed E-state index contributed by atoms with van der Waals surface area (Å²) in [4.78, 5) is 18.0. The molecule has 3 aliphatic heterocycles. The van der Waals surface area contributed by atoms with Crippen molar-refractivity contribution in [3.63, 3.8) is 0 Å². The van der Waals surface area contributed by atoms with E-state index < -0.39 is 0 Å². The fraction of sp³-hybridized carbons (Fsp3) is 0.842. The van der Waals surface area contributed by atoms with Crippen molar-refractivity contribution in [1.82, 2.24) is 15.1 Å². The molecule has 0 radical (unpaired) electrons. The van der Waals surface area contributed by atoms with Gasteiger partial charge < -0.3 is 15.0 Å². The third-order valence-corrected chi connectivity index (χ3v) is 6.09. The maximum atomic E-state index is 13.5. The fourth-order valence-electron chi connectivity index (χ4n) is 4.64. The van der Waals surface area contributed by atoms with Crippen molar-refractivity contribution in [1.29, 1.82) is 0 Å². The van der Waals surface area contributed by atoms with Crippen LogP contribution in [-0.4, -0.2) is 74.2 Å². The molecule has 0 aromatic rings. The Kier molecular flexibility index (Phi) is 5.63. The van der Waals surface area contributed by atoms with Gasteiger partial charge >= 0.3 is 0 Å². The van der Waals surface area contributed by atoms with E-state index >= 15 is 0 Å². The van der Waals surface area contributed by atoms with Crippen LogP contribution in [0.4, 0.5) is 0 Å². The lowest BCUT2D eigenvalue weighted by Gasteiger charge is -2.42. The van der Waals surface area contributed by atoms with Gasteiger partial charge in [-0.1, -0.05) is 11.6 Å². The fourth-order valence-corrected chi connectivity index (χ4v) is 4.64. The first-order valence-corrected chi connectivity index (χ1v) is 9.45. The van der Waals surface area contributed by atoms with Crippen molar-refractivity contribution in [2.24, 2.45) is 5.41 Å². The molecule has 0 unspecified atom stereocenters. The highest BCUT2D eigenvalue weighted by Crippen LogP contribution is 2.47. The Morgan fingerprint density at radius 1 is 1.25 bits per heavy atom. The van der Waals surface area contributed by atoms with Gasteiger partial charge in [-0.2, -0.15) is 0 Å². The molecular weight excluding hydrogens is 302 g/mol. The minimum atomic E-state index is -0.200. The predicted octanol–water partition coefficient (Wildman–Crippen LogP) is 1.64.